The van der Waals surface area contributed by atoms with Crippen LogP contribution in [0.4, 0.5) is 0 Å². The maximum atomic E-state index is 11.7. The van der Waals surface area contributed by atoms with Crippen LogP contribution in [0.5, 0.6) is 0 Å². The highest BCUT2D eigenvalue weighted by molar-refractivity contribution is 7.07. The van der Waals surface area contributed by atoms with Crippen LogP contribution in [-0.2, 0) is 11.3 Å². The molecule has 4 heteroatoms. The van der Waals surface area contributed by atoms with Gasteiger partial charge < -0.3 is 11.1 Å². The average Bonchev–Trinajstić information content (AvgIpc) is 2.77. The van der Waals surface area contributed by atoms with Gasteiger partial charge in [0.15, 0.2) is 0 Å². The highest BCUT2D eigenvalue weighted by Crippen LogP contribution is 2.14. The molecule has 0 aliphatic rings. The summed E-state index contributed by atoms with van der Waals surface area (Å²) in [5, 5.41) is 7.00. The van der Waals surface area contributed by atoms with Gasteiger partial charge in [-0.1, -0.05) is 13.8 Å². The number of thiophene rings is 1. The Balaban J connectivity index is 2.27. The first-order valence-corrected chi connectivity index (χ1v) is 7.04. The van der Waals surface area contributed by atoms with Gasteiger partial charge in [0.25, 0.3) is 0 Å². The summed E-state index contributed by atoms with van der Waals surface area (Å²) in [4.78, 5) is 11.7. The van der Waals surface area contributed by atoms with Gasteiger partial charge in [0.05, 0.1) is 0 Å². The van der Waals surface area contributed by atoms with Gasteiger partial charge in [0.1, 0.15) is 0 Å². The minimum absolute atomic E-state index is 0.104. The van der Waals surface area contributed by atoms with E-state index >= 15 is 0 Å². The van der Waals surface area contributed by atoms with Crippen molar-refractivity contribution < 1.29 is 4.79 Å². The molecular weight excluding hydrogens is 232 g/mol. The van der Waals surface area contributed by atoms with Gasteiger partial charge in [-0.15, -0.1) is 0 Å². The Morgan fingerprint density at radius 2 is 2.29 bits per heavy atom. The molecule has 1 heterocycles. The van der Waals surface area contributed by atoms with E-state index in [1.54, 1.807) is 11.3 Å². The predicted octanol–water partition coefficient (Wildman–Crippen LogP) is 2.38. The predicted molar refractivity (Wildman–Crippen MR) is 72.8 cm³/mol. The molecule has 3 N–H and O–H groups in total. The summed E-state index contributed by atoms with van der Waals surface area (Å²) in [6, 6.07) is 2.03. The molecular formula is C13H22N2OS. The third kappa shape index (κ3) is 5.84. The molecule has 3 nitrogen and oxygen atoms in total. The molecule has 0 unspecified atom stereocenters. The lowest BCUT2D eigenvalue weighted by atomic mass is 9.94. The quantitative estimate of drug-likeness (QED) is 0.785. The Hall–Kier alpha value is -0.870. The van der Waals surface area contributed by atoms with Crippen LogP contribution in [0.25, 0.3) is 0 Å². The average molecular weight is 254 g/mol. The monoisotopic (exact) mass is 254 g/mol. The summed E-state index contributed by atoms with van der Waals surface area (Å²) in [6.45, 7) is 5.53. The van der Waals surface area contributed by atoms with E-state index in [2.05, 4.69) is 24.5 Å². The standard InChI is InChI=1S/C13H22N2OS/c1-10(2)5-12(7-14)6-13(16)15-8-11-3-4-17-9-11/h3-4,9-10,12H,5-8,14H2,1-2H3,(H,15,16)/t12-/m0/s1. The summed E-state index contributed by atoms with van der Waals surface area (Å²) < 4.78 is 0. The molecule has 96 valence electrons. The molecule has 17 heavy (non-hydrogen) atoms. The Morgan fingerprint density at radius 3 is 2.82 bits per heavy atom. The topological polar surface area (TPSA) is 55.1 Å². The summed E-state index contributed by atoms with van der Waals surface area (Å²) in [5.41, 5.74) is 6.85. The van der Waals surface area contributed by atoms with E-state index in [0.29, 0.717) is 31.3 Å². The van der Waals surface area contributed by atoms with Gasteiger partial charge in [0.2, 0.25) is 5.91 Å². The second-order valence-electron chi connectivity index (χ2n) is 4.84. The highest BCUT2D eigenvalue weighted by Gasteiger charge is 2.13. The van der Waals surface area contributed by atoms with Gasteiger partial charge in [-0.2, -0.15) is 11.3 Å². The number of nitrogens with two attached hydrogens (primary N) is 1. The van der Waals surface area contributed by atoms with Gasteiger partial charge in [-0.3, -0.25) is 4.79 Å². The van der Waals surface area contributed by atoms with Crippen molar-refractivity contribution in [1.82, 2.24) is 5.32 Å². The first-order valence-electron chi connectivity index (χ1n) is 6.09. The minimum atomic E-state index is 0.104. The molecule has 0 bridgehead atoms. The minimum Gasteiger partial charge on any atom is -0.352 e. The van der Waals surface area contributed by atoms with Crippen molar-refractivity contribution in [3.05, 3.63) is 22.4 Å². The molecule has 1 aromatic heterocycles. The Labute approximate surface area is 107 Å². The molecule has 0 saturated heterocycles. The fraction of sp³-hybridized carbons (Fsp3) is 0.615. The summed E-state index contributed by atoms with van der Waals surface area (Å²) >= 11 is 1.65. The smallest absolute Gasteiger partial charge is 0.220 e. The van der Waals surface area contributed by atoms with Gasteiger partial charge in [0, 0.05) is 13.0 Å². The number of amides is 1. The lowest BCUT2D eigenvalue weighted by molar-refractivity contribution is -0.122. The molecule has 1 aromatic rings. The van der Waals surface area contributed by atoms with E-state index < -0.39 is 0 Å². The van der Waals surface area contributed by atoms with Crippen LogP contribution >= 0.6 is 11.3 Å². The van der Waals surface area contributed by atoms with Crippen LogP contribution < -0.4 is 11.1 Å². The van der Waals surface area contributed by atoms with Crippen LogP contribution in [0.15, 0.2) is 16.8 Å². The maximum absolute atomic E-state index is 11.7. The van der Waals surface area contributed by atoms with Gasteiger partial charge >= 0.3 is 0 Å². The third-order valence-electron chi connectivity index (χ3n) is 2.68. The first kappa shape index (κ1) is 14.2. The van der Waals surface area contributed by atoms with E-state index in [1.807, 2.05) is 11.4 Å². The fourth-order valence-corrected chi connectivity index (χ4v) is 2.53. The van der Waals surface area contributed by atoms with Crippen LogP contribution in [0.3, 0.4) is 0 Å². The molecule has 1 atom stereocenters. The van der Waals surface area contributed by atoms with E-state index in [0.717, 1.165) is 12.0 Å². The SMILES string of the molecule is CC(C)C[C@H](CN)CC(=O)NCc1ccsc1. The molecule has 0 fully saturated rings. The summed E-state index contributed by atoms with van der Waals surface area (Å²) in [5.74, 6) is 0.998. The molecule has 0 aliphatic carbocycles. The lowest BCUT2D eigenvalue weighted by Gasteiger charge is -2.16. The van der Waals surface area contributed by atoms with Crippen LogP contribution in [0.2, 0.25) is 0 Å². The molecule has 0 aliphatic heterocycles. The number of carbonyl (C=O) groups is 1. The zero-order valence-electron chi connectivity index (χ0n) is 10.6. The molecule has 1 rings (SSSR count). The summed E-state index contributed by atoms with van der Waals surface area (Å²) in [6.07, 6.45) is 1.56. The third-order valence-corrected chi connectivity index (χ3v) is 3.41. The maximum Gasteiger partial charge on any atom is 0.220 e. The number of carbonyl (C=O) groups excluding carboxylic acids is 1. The van der Waals surface area contributed by atoms with Gasteiger partial charge in [-0.25, -0.2) is 0 Å². The zero-order chi connectivity index (χ0) is 12.7. The van der Waals surface area contributed by atoms with Crippen LogP contribution in [0, 0.1) is 11.8 Å². The summed E-state index contributed by atoms with van der Waals surface area (Å²) in [7, 11) is 0. The van der Waals surface area contributed by atoms with Crippen molar-refractivity contribution in [1.29, 1.82) is 0 Å². The number of hydrogen-bond acceptors (Lipinski definition) is 3. The van der Waals surface area contributed by atoms with E-state index in [4.69, 9.17) is 5.73 Å². The molecule has 1 amide bonds. The first-order chi connectivity index (χ1) is 8.11. The van der Waals surface area contributed by atoms with E-state index in [9.17, 15) is 4.79 Å². The molecule has 0 aromatic carbocycles. The highest BCUT2D eigenvalue weighted by atomic mass is 32.1. The van der Waals surface area contributed by atoms with Crippen molar-refractivity contribution in [3.63, 3.8) is 0 Å². The fourth-order valence-electron chi connectivity index (χ4n) is 1.86. The molecule has 0 radical (unpaired) electrons. The van der Waals surface area contributed by atoms with Gasteiger partial charge in [-0.05, 0) is 47.2 Å². The second-order valence-corrected chi connectivity index (χ2v) is 5.62. The Kier molecular flexibility index (Phi) is 6.22. The number of nitrogens with one attached hydrogen (secondary N) is 1. The second kappa shape index (κ2) is 7.45. The van der Waals surface area contributed by atoms with E-state index in [1.165, 1.54) is 0 Å². The molecule has 0 spiro atoms. The Bertz CT molecular complexity index is 322. The lowest BCUT2D eigenvalue weighted by Crippen LogP contribution is -2.28. The van der Waals surface area contributed by atoms with Crippen LogP contribution in [0.1, 0.15) is 32.3 Å². The van der Waals surface area contributed by atoms with Crippen molar-refractivity contribution in [2.24, 2.45) is 17.6 Å². The normalized spacial score (nSPS) is 12.7. The Morgan fingerprint density at radius 1 is 1.53 bits per heavy atom. The number of rotatable bonds is 7. The zero-order valence-corrected chi connectivity index (χ0v) is 11.4. The molecule has 0 saturated carbocycles. The number of hydrogen-bond donors (Lipinski definition) is 2. The largest absolute Gasteiger partial charge is 0.352 e. The van der Waals surface area contributed by atoms with Crippen molar-refractivity contribution >= 4 is 17.2 Å². The van der Waals surface area contributed by atoms with Crippen molar-refractivity contribution in [2.45, 2.75) is 33.2 Å². The van der Waals surface area contributed by atoms with Crippen molar-refractivity contribution in [3.8, 4) is 0 Å². The van der Waals surface area contributed by atoms with Crippen molar-refractivity contribution in [2.75, 3.05) is 6.54 Å². The van der Waals surface area contributed by atoms with Crippen LogP contribution in [-0.4, -0.2) is 12.5 Å². The van der Waals surface area contributed by atoms with E-state index in [-0.39, 0.29) is 5.91 Å².